The Kier molecular flexibility index (Phi) is 5.33. The summed E-state index contributed by atoms with van der Waals surface area (Å²) in [5.74, 6) is 0. The van der Waals surface area contributed by atoms with Gasteiger partial charge in [-0.05, 0) is 39.8 Å². The van der Waals surface area contributed by atoms with Gasteiger partial charge in [-0.1, -0.05) is 12.1 Å². The molecular formula is C14H8BrN5S. The highest BCUT2D eigenvalue weighted by molar-refractivity contribution is 9.10. The molecule has 102 valence electrons. The SMILES string of the molecule is N#CC(C#N)=CNc1ccccc1Sc1ncc(Br)cn1. The van der Waals surface area contributed by atoms with Gasteiger partial charge in [0.25, 0.3) is 0 Å². The van der Waals surface area contributed by atoms with Gasteiger partial charge in [0.05, 0.1) is 10.2 Å². The van der Waals surface area contributed by atoms with Crippen molar-refractivity contribution in [2.45, 2.75) is 10.1 Å². The molecule has 2 aromatic rings. The zero-order valence-corrected chi connectivity index (χ0v) is 13.0. The number of anilines is 1. The van der Waals surface area contributed by atoms with Gasteiger partial charge in [0.15, 0.2) is 5.16 Å². The molecule has 0 aliphatic rings. The van der Waals surface area contributed by atoms with Gasteiger partial charge in [-0.25, -0.2) is 9.97 Å². The van der Waals surface area contributed by atoms with E-state index in [9.17, 15) is 0 Å². The Bertz CT molecular complexity index is 727. The van der Waals surface area contributed by atoms with Gasteiger partial charge in [-0.2, -0.15) is 10.5 Å². The van der Waals surface area contributed by atoms with Crippen molar-refractivity contribution >= 4 is 33.4 Å². The van der Waals surface area contributed by atoms with Crippen LogP contribution in [0.25, 0.3) is 0 Å². The summed E-state index contributed by atoms with van der Waals surface area (Å²) in [6.45, 7) is 0. The smallest absolute Gasteiger partial charge is 0.192 e. The van der Waals surface area contributed by atoms with Crippen molar-refractivity contribution < 1.29 is 0 Å². The predicted molar refractivity (Wildman–Crippen MR) is 83.2 cm³/mol. The minimum absolute atomic E-state index is 0.00898. The lowest BCUT2D eigenvalue weighted by Gasteiger charge is -2.07. The molecule has 0 bridgehead atoms. The van der Waals surface area contributed by atoms with Crippen molar-refractivity contribution in [3.8, 4) is 12.1 Å². The van der Waals surface area contributed by atoms with Crippen LogP contribution in [0.15, 0.2) is 63.0 Å². The maximum atomic E-state index is 8.72. The molecule has 0 saturated heterocycles. The second-order valence-corrected chi connectivity index (χ2v) is 5.63. The van der Waals surface area contributed by atoms with E-state index in [2.05, 4.69) is 31.2 Å². The van der Waals surface area contributed by atoms with Crippen molar-refractivity contribution in [3.63, 3.8) is 0 Å². The fraction of sp³-hybridized carbons (Fsp3) is 0. The van der Waals surface area contributed by atoms with Crippen molar-refractivity contribution in [2.24, 2.45) is 0 Å². The number of halogens is 1. The van der Waals surface area contributed by atoms with Crippen LogP contribution in [0.2, 0.25) is 0 Å². The lowest BCUT2D eigenvalue weighted by molar-refractivity contribution is 0.958. The fourth-order valence-corrected chi connectivity index (χ4v) is 2.36. The molecule has 21 heavy (non-hydrogen) atoms. The summed E-state index contributed by atoms with van der Waals surface area (Å²) in [7, 11) is 0. The number of rotatable bonds is 4. The highest BCUT2D eigenvalue weighted by Crippen LogP contribution is 2.31. The van der Waals surface area contributed by atoms with Gasteiger partial charge < -0.3 is 5.32 Å². The first-order valence-corrected chi connectivity index (χ1v) is 7.35. The zero-order valence-electron chi connectivity index (χ0n) is 10.6. The summed E-state index contributed by atoms with van der Waals surface area (Å²) >= 11 is 4.68. The molecule has 0 aliphatic heterocycles. The molecule has 5 nitrogen and oxygen atoms in total. The van der Waals surface area contributed by atoms with Crippen molar-refractivity contribution in [1.82, 2.24) is 9.97 Å². The summed E-state index contributed by atoms with van der Waals surface area (Å²) in [5.41, 5.74) is 0.784. The molecule has 0 aliphatic carbocycles. The number of allylic oxidation sites excluding steroid dienone is 1. The van der Waals surface area contributed by atoms with E-state index < -0.39 is 0 Å². The number of hydrogen-bond donors (Lipinski definition) is 1. The standard InChI is InChI=1S/C14H8BrN5S/c15-11-8-19-14(20-9-11)21-13-4-2-1-3-12(13)18-7-10(5-16)6-17/h1-4,7-9,18H. The van der Waals surface area contributed by atoms with Gasteiger partial charge in [-0.3, -0.25) is 0 Å². The first kappa shape index (κ1) is 15.0. The van der Waals surface area contributed by atoms with Crippen molar-refractivity contribution in [2.75, 3.05) is 5.32 Å². The van der Waals surface area contributed by atoms with E-state index in [0.717, 1.165) is 15.1 Å². The molecule has 2 rings (SSSR count). The van der Waals surface area contributed by atoms with Crippen LogP contribution in [-0.2, 0) is 0 Å². The van der Waals surface area contributed by atoms with E-state index in [1.165, 1.54) is 18.0 Å². The van der Waals surface area contributed by atoms with Gasteiger partial charge in [0.2, 0.25) is 0 Å². The molecule has 0 saturated carbocycles. The minimum Gasteiger partial charge on any atom is -0.359 e. The third-order valence-corrected chi connectivity index (χ3v) is 3.68. The fourth-order valence-electron chi connectivity index (χ4n) is 1.37. The first-order chi connectivity index (χ1) is 10.2. The maximum absolute atomic E-state index is 8.72. The normalized spacial score (nSPS) is 9.29. The van der Waals surface area contributed by atoms with Crippen LogP contribution < -0.4 is 5.32 Å². The molecule has 0 atom stereocenters. The second kappa shape index (κ2) is 7.44. The van der Waals surface area contributed by atoms with Crippen LogP contribution in [0.5, 0.6) is 0 Å². The Balaban J connectivity index is 2.21. The summed E-state index contributed by atoms with van der Waals surface area (Å²) in [6, 6.07) is 11.1. The number of nitriles is 2. The van der Waals surface area contributed by atoms with E-state index >= 15 is 0 Å². The second-order valence-electron chi connectivity index (χ2n) is 3.71. The lowest BCUT2D eigenvalue weighted by atomic mass is 10.3. The number of hydrogen-bond acceptors (Lipinski definition) is 6. The molecule has 7 heteroatoms. The van der Waals surface area contributed by atoms with Crippen LogP contribution in [0.3, 0.4) is 0 Å². The average molecular weight is 358 g/mol. The molecular weight excluding hydrogens is 350 g/mol. The molecule has 1 aromatic carbocycles. The van der Waals surface area contributed by atoms with Gasteiger partial charge in [-0.15, -0.1) is 0 Å². The van der Waals surface area contributed by atoms with Crippen molar-refractivity contribution in [1.29, 1.82) is 10.5 Å². The summed E-state index contributed by atoms with van der Waals surface area (Å²) in [4.78, 5) is 9.29. The highest BCUT2D eigenvalue weighted by Gasteiger charge is 2.05. The Morgan fingerprint density at radius 2 is 1.86 bits per heavy atom. The quantitative estimate of drug-likeness (QED) is 0.662. The number of para-hydroxylation sites is 1. The molecule has 0 spiro atoms. The van der Waals surface area contributed by atoms with Crippen molar-refractivity contribution in [3.05, 3.63) is 52.9 Å². The molecule has 0 amide bonds. The average Bonchev–Trinajstić information content (AvgIpc) is 2.52. The van der Waals surface area contributed by atoms with E-state index in [-0.39, 0.29) is 5.57 Å². The van der Waals surface area contributed by atoms with Crippen LogP contribution >= 0.6 is 27.7 Å². The third-order valence-electron chi connectivity index (χ3n) is 2.30. The molecule has 0 radical (unpaired) electrons. The maximum Gasteiger partial charge on any atom is 0.192 e. The number of aromatic nitrogens is 2. The van der Waals surface area contributed by atoms with Crippen LogP contribution in [0.4, 0.5) is 5.69 Å². The van der Waals surface area contributed by atoms with Crippen LogP contribution in [0, 0.1) is 22.7 Å². The number of nitrogens with zero attached hydrogens (tertiary/aromatic N) is 4. The molecule has 1 aromatic heterocycles. The first-order valence-electron chi connectivity index (χ1n) is 5.74. The predicted octanol–water partition coefficient (Wildman–Crippen LogP) is 3.73. The van der Waals surface area contributed by atoms with Crippen LogP contribution in [0.1, 0.15) is 0 Å². The number of nitrogens with one attached hydrogen (secondary N) is 1. The Hall–Kier alpha value is -2.35. The van der Waals surface area contributed by atoms with E-state index in [1.54, 1.807) is 24.5 Å². The van der Waals surface area contributed by atoms with E-state index in [1.807, 2.05) is 24.3 Å². The third kappa shape index (κ3) is 4.32. The minimum atomic E-state index is 0.00898. The number of benzene rings is 1. The van der Waals surface area contributed by atoms with Gasteiger partial charge in [0, 0.05) is 23.5 Å². The van der Waals surface area contributed by atoms with Crippen LogP contribution in [-0.4, -0.2) is 9.97 Å². The summed E-state index contributed by atoms with van der Waals surface area (Å²) < 4.78 is 0.814. The Morgan fingerprint density at radius 3 is 2.52 bits per heavy atom. The van der Waals surface area contributed by atoms with E-state index in [0.29, 0.717) is 5.16 Å². The molecule has 1 N–H and O–H groups in total. The Morgan fingerprint density at radius 1 is 1.19 bits per heavy atom. The highest BCUT2D eigenvalue weighted by atomic mass is 79.9. The van der Waals surface area contributed by atoms with E-state index in [4.69, 9.17) is 10.5 Å². The lowest BCUT2D eigenvalue weighted by Crippen LogP contribution is -1.93. The summed E-state index contributed by atoms with van der Waals surface area (Å²) in [5, 5.41) is 21.0. The zero-order chi connectivity index (χ0) is 15.1. The summed E-state index contributed by atoms with van der Waals surface area (Å²) in [6.07, 6.45) is 4.73. The van der Waals surface area contributed by atoms with Gasteiger partial charge in [0.1, 0.15) is 17.7 Å². The monoisotopic (exact) mass is 357 g/mol. The largest absolute Gasteiger partial charge is 0.359 e. The Labute approximate surface area is 134 Å². The van der Waals surface area contributed by atoms with Gasteiger partial charge >= 0.3 is 0 Å². The molecule has 1 heterocycles. The molecule has 0 fully saturated rings. The molecule has 0 unspecified atom stereocenters. The topological polar surface area (TPSA) is 85.4 Å².